The number of rotatable bonds is 5. The average Bonchev–Trinajstić information content (AvgIpc) is 2.63. The fourth-order valence-corrected chi connectivity index (χ4v) is 2.57. The van der Waals surface area contributed by atoms with E-state index in [-0.39, 0.29) is 25.0 Å². The first-order chi connectivity index (χ1) is 13.3. The lowest BCUT2D eigenvalue weighted by molar-refractivity contribution is -0.141. The van der Waals surface area contributed by atoms with E-state index in [1.807, 2.05) is 0 Å². The number of aromatic nitrogens is 1. The minimum Gasteiger partial charge on any atom is -0.497 e. The standard InChI is InChI=1S/C18H18F3N3O4/c1-26-12-6-11(7-13(8-12)27-2)22-17(25)24-9-14(10-24)28-16-5-3-4-15(23-16)18(19,20)21/h3-8,14H,9-10H2,1-2H3,(H,22,25). The minimum absolute atomic E-state index is 0.127. The van der Waals surface area contributed by atoms with E-state index in [1.165, 1.54) is 31.3 Å². The zero-order chi connectivity index (χ0) is 20.3. The number of anilines is 1. The highest BCUT2D eigenvalue weighted by atomic mass is 19.4. The maximum Gasteiger partial charge on any atom is 0.433 e. The summed E-state index contributed by atoms with van der Waals surface area (Å²) < 4.78 is 53.8. The van der Waals surface area contributed by atoms with Crippen LogP contribution in [-0.4, -0.2) is 49.3 Å². The van der Waals surface area contributed by atoms with E-state index in [2.05, 4.69) is 10.3 Å². The van der Waals surface area contributed by atoms with Crippen molar-refractivity contribution in [3.8, 4) is 17.4 Å². The maximum atomic E-state index is 12.7. The predicted octanol–water partition coefficient (Wildman–Crippen LogP) is 3.41. The molecule has 1 aromatic heterocycles. The number of benzene rings is 1. The van der Waals surface area contributed by atoms with Crippen LogP contribution in [0.15, 0.2) is 36.4 Å². The van der Waals surface area contributed by atoms with Gasteiger partial charge in [0.1, 0.15) is 23.3 Å². The van der Waals surface area contributed by atoms with Crippen molar-refractivity contribution in [3.05, 3.63) is 42.1 Å². The molecule has 10 heteroatoms. The van der Waals surface area contributed by atoms with Gasteiger partial charge >= 0.3 is 12.2 Å². The van der Waals surface area contributed by atoms with Gasteiger partial charge in [0.15, 0.2) is 0 Å². The zero-order valence-corrected chi connectivity index (χ0v) is 15.1. The number of nitrogens with zero attached hydrogens (tertiary/aromatic N) is 2. The number of ether oxygens (including phenoxy) is 3. The summed E-state index contributed by atoms with van der Waals surface area (Å²) in [4.78, 5) is 17.2. The number of hydrogen-bond acceptors (Lipinski definition) is 5. The molecule has 0 bridgehead atoms. The number of carbonyl (C=O) groups is 1. The van der Waals surface area contributed by atoms with Crippen LogP contribution < -0.4 is 19.5 Å². The highest BCUT2D eigenvalue weighted by molar-refractivity contribution is 5.90. The highest BCUT2D eigenvalue weighted by Crippen LogP contribution is 2.29. The van der Waals surface area contributed by atoms with E-state index in [0.29, 0.717) is 17.2 Å². The van der Waals surface area contributed by atoms with E-state index in [0.717, 1.165) is 6.07 Å². The van der Waals surface area contributed by atoms with E-state index in [4.69, 9.17) is 14.2 Å². The van der Waals surface area contributed by atoms with Crippen LogP contribution >= 0.6 is 0 Å². The third kappa shape index (κ3) is 4.56. The summed E-state index contributed by atoms with van der Waals surface area (Å²) >= 11 is 0. The molecule has 1 N–H and O–H groups in total. The van der Waals surface area contributed by atoms with Crippen molar-refractivity contribution in [2.24, 2.45) is 0 Å². The first-order valence-corrected chi connectivity index (χ1v) is 8.28. The number of methoxy groups -OCH3 is 2. The molecule has 2 heterocycles. The molecule has 1 saturated heterocycles. The number of nitrogens with one attached hydrogen (secondary N) is 1. The van der Waals surface area contributed by atoms with Crippen LogP contribution in [0.1, 0.15) is 5.69 Å². The number of amides is 2. The van der Waals surface area contributed by atoms with Gasteiger partial charge in [0.25, 0.3) is 0 Å². The summed E-state index contributed by atoms with van der Waals surface area (Å²) in [6.45, 7) is 0.454. The summed E-state index contributed by atoms with van der Waals surface area (Å²) in [5.41, 5.74) is -0.531. The molecule has 1 aromatic carbocycles. The molecule has 1 aliphatic rings. The Morgan fingerprint density at radius 2 is 1.79 bits per heavy atom. The fourth-order valence-electron chi connectivity index (χ4n) is 2.57. The molecule has 0 radical (unpaired) electrons. The minimum atomic E-state index is -4.54. The molecule has 2 amide bonds. The number of hydrogen-bond donors (Lipinski definition) is 1. The van der Waals surface area contributed by atoms with Crippen LogP contribution in [0.3, 0.4) is 0 Å². The lowest BCUT2D eigenvalue weighted by atomic mass is 10.2. The van der Waals surface area contributed by atoms with Crippen LogP contribution in [-0.2, 0) is 6.18 Å². The van der Waals surface area contributed by atoms with Crippen molar-refractivity contribution in [2.75, 3.05) is 32.6 Å². The molecule has 1 aliphatic heterocycles. The largest absolute Gasteiger partial charge is 0.497 e. The molecule has 3 rings (SSSR count). The number of halogens is 3. The Balaban J connectivity index is 1.55. The smallest absolute Gasteiger partial charge is 0.433 e. The molecule has 1 fully saturated rings. The summed E-state index contributed by atoms with van der Waals surface area (Å²) in [6.07, 6.45) is -4.97. The predicted molar refractivity (Wildman–Crippen MR) is 93.8 cm³/mol. The van der Waals surface area contributed by atoms with Crippen molar-refractivity contribution < 1.29 is 32.2 Å². The molecule has 0 unspecified atom stereocenters. The van der Waals surface area contributed by atoms with Gasteiger partial charge in [-0.3, -0.25) is 0 Å². The summed E-state index contributed by atoms with van der Waals surface area (Å²) in [6, 6.07) is 8.03. The van der Waals surface area contributed by atoms with Crippen LogP contribution in [0.25, 0.3) is 0 Å². The summed E-state index contributed by atoms with van der Waals surface area (Å²) in [7, 11) is 3.00. The van der Waals surface area contributed by atoms with Gasteiger partial charge < -0.3 is 24.4 Å². The lowest BCUT2D eigenvalue weighted by Gasteiger charge is -2.38. The first kappa shape index (κ1) is 19.6. The number of carbonyl (C=O) groups excluding carboxylic acids is 1. The normalized spacial score (nSPS) is 14.2. The van der Waals surface area contributed by atoms with Crippen molar-refractivity contribution in [1.82, 2.24) is 9.88 Å². The molecule has 2 aromatic rings. The first-order valence-electron chi connectivity index (χ1n) is 8.28. The number of urea groups is 1. The second-order valence-corrected chi connectivity index (χ2v) is 6.04. The van der Waals surface area contributed by atoms with Crippen LogP contribution in [0.4, 0.5) is 23.7 Å². The second kappa shape index (κ2) is 7.83. The second-order valence-electron chi connectivity index (χ2n) is 6.04. The molecule has 0 spiro atoms. The molecule has 0 aliphatic carbocycles. The van der Waals surface area contributed by atoms with Gasteiger partial charge in [-0.1, -0.05) is 6.07 Å². The van der Waals surface area contributed by atoms with Gasteiger partial charge in [-0.15, -0.1) is 0 Å². The Bertz CT molecular complexity index is 832. The van der Waals surface area contributed by atoms with E-state index < -0.39 is 18.0 Å². The third-order valence-corrected chi connectivity index (χ3v) is 4.04. The van der Waals surface area contributed by atoms with Crippen LogP contribution in [0, 0.1) is 0 Å². The van der Waals surface area contributed by atoms with E-state index in [1.54, 1.807) is 18.2 Å². The Labute approximate surface area is 159 Å². The Morgan fingerprint density at radius 1 is 1.14 bits per heavy atom. The molecule has 28 heavy (non-hydrogen) atoms. The number of pyridine rings is 1. The van der Waals surface area contributed by atoms with Crippen molar-refractivity contribution in [3.63, 3.8) is 0 Å². The van der Waals surface area contributed by atoms with Gasteiger partial charge in [0.2, 0.25) is 5.88 Å². The summed E-state index contributed by atoms with van der Waals surface area (Å²) in [5, 5.41) is 2.71. The van der Waals surface area contributed by atoms with E-state index in [9.17, 15) is 18.0 Å². The molecule has 150 valence electrons. The SMILES string of the molecule is COc1cc(NC(=O)N2CC(Oc3cccc(C(F)(F)F)n3)C2)cc(OC)c1. The van der Waals surface area contributed by atoms with E-state index >= 15 is 0 Å². The average molecular weight is 397 g/mol. The number of alkyl halides is 3. The molecule has 7 nitrogen and oxygen atoms in total. The van der Waals surface area contributed by atoms with Gasteiger partial charge in [-0.2, -0.15) is 13.2 Å². The molecular weight excluding hydrogens is 379 g/mol. The Morgan fingerprint density at radius 3 is 2.36 bits per heavy atom. The number of likely N-dealkylation sites (tertiary alicyclic amines) is 1. The molecule has 0 saturated carbocycles. The Hall–Kier alpha value is -3.17. The van der Waals surface area contributed by atoms with Crippen molar-refractivity contribution in [1.29, 1.82) is 0 Å². The zero-order valence-electron chi connectivity index (χ0n) is 15.1. The highest BCUT2D eigenvalue weighted by Gasteiger charge is 2.35. The van der Waals surface area contributed by atoms with Crippen molar-refractivity contribution >= 4 is 11.7 Å². The topological polar surface area (TPSA) is 72.9 Å². The van der Waals surface area contributed by atoms with Gasteiger partial charge in [-0.05, 0) is 6.07 Å². The van der Waals surface area contributed by atoms with Gasteiger partial charge in [-0.25, -0.2) is 9.78 Å². The third-order valence-electron chi connectivity index (χ3n) is 4.04. The Kier molecular flexibility index (Phi) is 5.48. The molecule has 0 atom stereocenters. The fraction of sp³-hybridized carbons (Fsp3) is 0.333. The summed E-state index contributed by atoms with van der Waals surface area (Å²) in [5.74, 6) is 0.919. The monoisotopic (exact) mass is 397 g/mol. The lowest BCUT2D eigenvalue weighted by Crippen LogP contribution is -2.57. The van der Waals surface area contributed by atoms with Crippen LogP contribution in [0.5, 0.6) is 17.4 Å². The van der Waals surface area contributed by atoms with Crippen molar-refractivity contribution in [2.45, 2.75) is 12.3 Å². The van der Waals surface area contributed by atoms with Gasteiger partial charge in [0, 0.05) is 30.0 Å². The maximum absolute atomic E-state index is 12.7. The van der Waals surface area contributed by atoms with Crippen LogP contribution in [0.2, 0.25) is 0 Å². The van der Waals surface area contributed by atoms with Gasteiger partial charge in [0.05, 0.1) is 27.3 Å². The molecular formula is C18H18F3N3O4. The quantitative estimate of drug-likeness (QED) is 0.837.